The first-order valence-corrected chi connectivity index (χ1v) is 6.30. The van der Waals surface area contributed by atoms with Crippen molar-refractivity contribution in [2.75, 3.05) is 19.5 Å². The Bertz CT molecular complexity index is 564. The summed E-state index contributed by atoms with van der Waals surface area (Å²) in [6.07, 6.45) is 1.63. The Labute approximate surface area is 112 Å². The first-order chi connectivity index (χ1) is 9.11. The van der Waals surface area contributed by atoms with Gasteiger partial charge in [0.25, 0.3) is 5.89 Å². The molecule has 102 valence electrons. The predicted octanol–water partition coefficient (Wildman–Crippen LogP) is 2.51. The number of nitrogens with two attached hydrogens (primary N) is 1. The number of aryl methyl sites for hydroxylation is 2. The van der Waals surface area contributed by atoms with Crippen LogP contribution < -0.4 is 5.73 Å². The molecule has 2 rings (SSSR count). The molecule has 0 unspecified atom stereocenters. The Morgan fingerprint density at radius 3 is 2.84 bits per heavy atom. The van der Waals surface area contributed by atoms with Gasteiger partial charge >= 0.3 is 0 Å². The van der Waals surface area contributed by atoms with Crippen LogP contribution in [0, 0.1) is 13.8 Å². The molecule has 5 heteroatoms. The molecule has 0 aliphatic carbocycles. The largest absolute Gasteiger partial charge is 0.399 e. The van der Waals surface area contributed by atoms with E-state index in [9.17, 15) is 0 Å². The number of hydrogen-bond acceptors (Lipinski definition) is 5. The van der Waals surface area contributed by atoms with Gasteiger partial charge in [-0.25, -0.2) is 0 Å². The zero-order valence-corrected chi connectivity index (χ0v) is 11.6. The van der Waals surface area contributed by atoms with Crippen LogP contribution in [0.15, 0.2) is 16.7 Å². The van der Waals surface area contributed by atoms with Crippen LogP contribution in [0.3, 0.4) is 0 Å². The Morgan fingerprint density at radius 1 is 1.32 bits per heavy atom. The molecule has 19 heavy (non-hydrogen) atoms. The van der Waals surface area contributed by atoms with Crippen molar-refractivity contribution in [3.63, 3.8) is 0 Å². The third kappa shape index (κ3) is 3.12. The molecule has 0 spiro atoms. The van der Waals surface area contributed by atoms with Gasteiger partial charge in [-0.05, 0) is 43.5 Å². The number of benzene rings is 1. The molecule has 0 aliphatic heterocycles. The maximum Gasteiger partial charge on any atom is 0.258 e. The first kappa shape index (κ1) is 13.5. The van der Waals surface area contributed by atoms with E-state index < -0.39 is 0 Å². The van der Waals surface area contributed by atoms with Gasteiger partial charge in [0.15, 0.2) is 5.82 Å². The summed E-state index contributed by atoms with van der Waals surface area (Å²) in [5.41, 5.74) is 9.71. The van der Waals surface area contributed by atoms with Crippen molar-refractivity contribution in [1.29, 1.82) is 0 Å². The highest BCUT2D eigenvalue weighted by molar-refractivity contribution is 5.66. The van der Waals surface area contributed by atoms with Crippen molar-refractivity contribution in [3.8, 4) is 11.5 Å². The van der Waals surface area contributed by atoms with Gasteiger partial charge in [0.05, 0.1) is 0 Å². The minimum atomic E-state index is 0.528. The zero-order valence-electron chi connectivity index (χ0n) is 11.6. The first-order valence-electron chi connectivity index (χ1n) is 6.30. The van der Waals surface area contributed by atoms with Crippen LogP contribution in [-0.4, -0.2) is 23.9 Å². The van der Waals surface area contributed by atoms with Crippen molar-refractivity contribution in [2.24, 2.45) is 0 Å². The molecule has 0 fully saturated rings. The molecule has 0 aliphatic rings. The minimum absolute atomic E-state index is 0.528. The van der Waals surface area contributed by atoms with Crippen molar-refractivity contribution >= 4 is 5.69 Å². The van der Waals surface area contributed by atoms with Crippen LogP contribution in [0.1, 0.15) is 23.4 Å². The van der Waals surface area contributed by atoms with Crippen LogP contribution in [-0.2, 0) is 11.2 Å². The average molecular weight is 261 g/mol. The summed E-state index contributed by atoms with van der Waals surface area (Å²) in [5, 5.41) is 3.98. The van der Waals surface area contributed by atoms with E-state index in [4.69, 9.17) is 15.0 Å². The van der Waals surface area contributed by atoms with Gasteiger partial charge in [-0.1, -0.05) is 5.16 Å². The number of nitrogens with zero attached hydrogens (tertiary/aromatic N) is 2. The highest BCUT2D eigenvalue weighted by Crippen LogP contribution is 2.27. The summed E-state index contributed by atoms with van der Waals surface area (Å²) in [5.74, 6) is 1.23. The van der Waals surface area contributed by atoms with Crippen LogP contribution in [0.2, 0.25) is 0 Å². The zero-order chi connectivity index (χ0) is 13.8. The molecule has 0 amide bonds. The summed E-state index contributed by atoms with van der Waals surface area (Å²) in [6, 6.07) is 3.81. The quantitative estimate of drug-likeness (QED) is 0.661. The topological polar surface area (TPSA) is 74.2 Å². The van der Waals surface area contributed by atoms with Crippen molar-refractivity contribution in [2.45, 2.75) is 26.7 Å². The van der Waals surface area contributed by atoms with Gasteiger partial charge in [0.1, 0.15) is 0 Å². The lowest BCUT2D eigenvalue weighted by Gasteiger charge is -2.06. The molecule has 0 saturated heterocycles. The van der Waals surface area contributed by atoms with Gasteiger partial charge in [0, 0.05) is 31.4 Å². The van der Waals surface area contributed by atoms with Gasteiger partial charge in [0.2, 0.25) is 0 Å². The Morgan fingerprint density at radius 2 is 2.11 bits per heavy atom. The Kier molecular flexibility index (Phi) is 4.16. The fraction of sp³-hybridized carbons (Fsp3) is 0.429. The maximum absolute atomic E-state index is 5.86. The van der Waals surface area contributed by atoms with E-state index >= 15 is 0 Å². The second-order valence-electron chi connectivity index (χ2n) is 4.62. The fourth-order valence-corrected chi connectivity index (χ4v) is 1.95. The number of anilines is 1. The maximum atomic E-state index is 5.86. The van der Waals surface area contributed by atoms with Gasteiger partial charge < -0.3 is 15.0 Å². The molecule has 2 N–H and O–H groups in total. The number of nitrogen functional groups attached to an aromatic ring is 1. The average Bonchev–Trinajstić information content (AvgIpc) is 2.83. The summed E-state index contributed by atoms with van der Waals surface area (Å²) in [6.45, 7) is 4.74. The molecule has 2 aromatic rings. The van der Waals surface area contributed by atoms with E-state index in [1.54, 1.807) is 7.11 Å². The van der Waals surface area contributed by atoms with Gasteiger partial charge in [-0.15, -0.1) is 0 Å². The van der Waals surface area contributed by atoms with Crippen molar-refractivity contribution < 1.29 is 9.26 Å². The lowest BCUT2D eigenvalue weighted by Crippen LogP contribution is -1.95. The smallest absolute Gasteiger partial charge is 0.258 e. The lowest BCUT2D eigenvalue weighted by atomic mass is 10.0. The standard InChI is InChI=1S/C14H19N3O2/c1-9-7-11(15)8-12(10(9)2)14-16-13(17-19-14)5-4-6-18-3/h7-8H,4-6,15H2,1-3H3. The SMILES string of the molecule is COCCCc1noc(-c2cc(N)cc(C)c2C)n1. The van der Waals surface area contributed by atoms with E-state index in [1.807, 2.05) is 26.0 Å². The third-order valence-corrected chi connectivity index (χ3v) is 3.14. The second-order valence-corrected chi connectivity index (χ2v) is 4.62. The minimum Gasteiger partial charge on any atom is -0.399 e. The molecule has 1 aromatic carbocycles. The third-order valence-electron chi connectivity index (χ3n) is 3.14. The van der Waals surface area contributed by atoms with Crippen LogP contribution in [0.4, 0.5) is 5.69 Å². The van der Waals surface area contributed by atoms with E-state index in [2.05, 4.69) is 10.1 Å². The molecular weight excluding hydrogens is 242 g/mol. The number of aromatic nitrogens is 2. The predicted molar refractivity (Wildman–Crippen MR) is 73.8 cm³/mol. The Balaban J connectivity index is 2.23. The van der Waals surface area contributed by atoms with Crippen molar-refractivity contribution in [3.05, 3.63) is 29.1 Å². The second kappa shape index (κ2) is 5.84. The Hall–Kier alpha value is -1.88. The number of hydrogen-bond donors (Lipinski definition) is 1. The summed E-state index contributed by atoms with van der Waals surface area (Å²) >= 11 is 0. The van der Waals surface area contributed by atoms with E-state index in [-0.39, 0.29) is 0 Å². The van der Waals surface area contributed by atoms with Crippen molar-refractivity contribution in [1.82, 2.24) is 10.1 Å². The van der Waals surface area contributed by atoms with E-state index in [1.165, 1.54) is 0 Å². The van der Waals surface area contributed by atoms with Gasteiger partial charge in [-0.2, -0.15) is 4.98 Å². The normalized spacial score (nSPS) is 10.9. The molecule has 0 bridgehead atoms. The van der Waals surface area contributed by atoms with Crippen LogP contribution in [0.5, 0.6) is 0 Å². The molecule has 0 atom stereocenters. The molecule has 0 saturated carbocycles. The molecule has 0 radical (unpaired) electrons. The van der Waals surface area contributed by atoms with E-state index in [0.717, 1.165) is 29.5 Å². The van der Waals surface area contributed by atoms with Crippen LogP contribution in [0.25, 0.3) is 11.5 Å². The molecular formula is C14H19N3O2. The highest BCUT2D eigenvalue weighted by Gasteiger charge is 2.13. The fourth-order valence-electron chi connectivity index (χ4n) is 1.95. The molecule has 1 aromatic heterocycles. The van der Waals surface area contributed by atoms with E-state index in [0.29, 0.717) is 24.0 Å². The number of rotatable bonds is 5. The van der Waals surface area contributed by atoms with Crippen LogP contribution >= 0.6 is 0 Å². The van der Waals surface area contributed by atoms with Gasteiger partial charge in [-0.3, -0.25) is 0 Å². The monoisotopic (exact) mass is 261 g/mol. The lowest BCUT2D eigenvalue weighted by molar-refractivity contribution is 0.194. The summed E-state index contributed by atoms with van der Waals surface area (Å²) in [4.78, 5) is 4.41. The highest BCUT2D eigenvalue weighted by atomic mass is 16.5. The number of methoxy groups -OCH3 is 1. The summed E-state index contributed by atoms with van der Waals surface area (Å²) in [7, 11) is 1.68. The molecule has 1 heterocycles. The summed E-state index contributed by atoms with van der Waals surface area (Å²) < 4.78 is 10.3. The molecule has 5 nitrogen and oxygen atoms in total. The number of ether oxygens (including phenoxy) is 1.